The lowest BCUT2D eigenvalue weighted by molar-refractivity contribution is 0.662. The molecule has 2 aromatic carbocycles. The predicted octanol–water partition coefficient (Wildman–Crippen LogP) is 4.23. The molecule has 0 amide bonds. The standard InChI is InChI=1S/C15H17N.ClH/c1-2-3-8-15(16)14-10-9-12-6-4-5-7-13(12)11-14;/h2,4-7,9-11,15H,1,3,8,16H2;1H/t15-;/m0./s1. The lowest BCUT2D eigenvalue weighted by atomic mass is 9.99. The molecule has 2 heteroatoms. The second-order valence-corrected chi connectivity index (χ2v) is 4.08. The first-order chi connectivity index (χ1) is 7.81. The molecule has 0 radical (unpaired) electrons. The van der Waals surface area contributed by atoms with Crippen molar-refractivity contribution >= 4 is 23.2 Å². The molecule has 0 aliphatic rings. The molecule has 17 heavy (non-hydrogen) atoms. The van der Waals surface area contributed by atoms with Crippen LogP contribution in [0.2, 0.25) is 0 Å². The van der Waals surface area contributed by atoms with Gasteiger partial charge in [-0.15, -0.1) is 19.0 Å². The maximum Gasteiger partial charge on any atom is 0.0298 e. The Labute approximate surface area is 109 Å². The van der Waals surface area contributed by atoms with E-state index in [1.165, 1.54) is 16.3 Å². The van der Waals surface area contributed by atoms with Crippen LogP contribution in [0.5, 0.6) is 0 Å². The average Bonchev–Trinajstić information content (AvgIpc) is 2.35. The van der Waals surface area contributed by atoms with E-state index in [0.717, 1.165) is 12.8 Å². The molecule has 90 valence electrons. The molecule has 0 heterocycles. The van der Waals surface area contributed by atoms with Crippen LogP contribution in [0.15, 0.2) is 55.1 Å². The van der Waals surface area contributed by atoms with Crippen LogP contribution in [0.25, 0.3) is 10.8 Å². The minimum absolute atomic E-state index is 0. The van der Waals surface area contributed by atoms with Gasteiger partial charge >= 0.3 is 0 Å². The van der Waals surface area contributed by atoms with Crippen molar-refractivity contribution in [2.75, 3.05) is 0 Å². The fourth-order valence-electron chi connectivity index (χ4n) is 1.90. The molecule has 0 aromatic heterocycles. The van der Waals surface area contributed by atoms with Crippen LogP contribution in [-0.4, -0.2) is 0 Å². The average molecular weight is 248 g/mol. The van der Waals surface area contributed by atoms with Crippen molar-refractivity contribution in [3.63, 3.8) is 0 Å². The first-order valence-corrected chi connectivity index (χ1v) is 5.66. The zero-order valence-electron chi connectivity index (χ0n) is 9.80. The van der Waals surface area contributed by atoms with Crippen LogP contribution >= 0.6 is 12.4 Å². The van der Waals surface area contributed by atoms with Crippen molar-refractivity contribution in [2.24, 2.45) is 5.73 Å². The maximum absolute atomic E-state index is 6.12. The summed E-state index contributed by atoms with van der Waals surface area (Å²) >= 11 is 0. The number of nitrogens with two attached hydrogens (primary N) is 1. The summed E-state index contributed by atoms with van der Waals surface area (Å²) in [5, 5.41) is 2.52. The van der Waals surface area contributed by atoms with E-state index in [4.69, 9.17) is 5.73 Å². The Hall–Kier alpha value is -1.31. The van der Waals surface area contributed by atoms with E-state index < -0.39 is 0 Å². The highest BCUT2D eigenvalue weighted by Crippen LogP contribution is 2.21. The van der Waals surface area contributed by atoms with E-state index >= 15 is 0 Å². The van der Waals surface area contributed by atoms with Crippen molar-refractivity contribution < 1.29 is 0 Å². The van der Waals surface area contributed by atoms with Crippen LogP contribution in [0.4, 0.5) is 0 Å². The summed E-state index contributed by atoms with van der Waals surface area (Å²) in [6.45, 7) is 3.72. The van der Waals surface area contributed by atoms with Crippen LogP contribution in [0, 0.1) is 0 Å². The van der Waals surface area contributed by atoms with Gasteiger partial charge in [0.05, 0.1) is 0 Å². The highest BCUT2D eigenvalue weighted by molar-refractivity contribution is 5.85. The Kier molecular flexibility index (Phi) is 5.20. The molecule has 0 bridgehead atoms. The van der Waals surface area contributed by atoms with Crippen molar-refractivity contribution in [1.82, 2.24) is 0 Å². The highest BCUT2D eigenvalue weighted by atomic mass is 35.5. The van der Waals surface area contributed by atoms with Gasteiger partial charge in [0.15, 0.2) is 0 Å². The molecule has 1 atom stereocenters. The van der Waals surface area contributed by atoms with Crippen molar-refractivity contribution in [2.45, 2.75) is 18.9 Å². The molecule has 2 N–H and O–H groups in total. The summed E-state index contributed by atoms with van der Waals surface area (Å²) in [5.41, 5.74) is 7.33. The zero-order valence-corrected chi connectivity index (χ0v) is 10.6. The van der Waals surface area contributed by atoms with E-state index in [9.17, 15) is 0 Å². The number of allylic oxidation sites excluding steroid dienone is 1. The van der Waals surface area contributed by atoms with Gasteiger partial charge < -0.3 is 5.73 Å². The molecule has 0 spiro atoms. The quantitative estimate of drug-likeness (QED) is 0.804. The van der Waals surface area contributed by atoms with Gasteiger partial charge in [-0.25, -0.2) is 0 Å². The third kappa shape index (κ3) is 3.32. The van der Waals surface area contributed by atoms with Gasteiger partial charge in [-0.1, -0.05) is 42.5 Å². The lowest BCUT2D eigenvalue weighted by Crippen LogP contribution is -2.09. The summed E-state index contributed by atoms with van der Waals surface area (Å²) in [7, 11) is 0. The van der Waals surface area contributed by atoms with Gasteiger partial charge in [-0.2, -0.15) is 0 Å². The van der Waals surface area contributed by atoms with Crippen LogP contribution in [0.1, 0.15) is 24.4 Å². The van der Waals surface area contributed by atoms with Crippen LogP contribution in [0.3, 0.4) is 0 Å². The number of hydrogen-bond acceptors (Lipinski definition) is 1. The number of fused-ring (bicyclic) bond motifs is 1. The first-order valence-electron chi connectivity index (χ1n) is 5.66. The number of rotatable bonds is 4. The smallest absolute Gasteiger partial charge is 0.0298 e. The largest absolute Gasteiger partial charge is 0.324 e. The van der Waals surface area contributed by atoms with Gasteiger partial charge in [-0.05, 0) is 35.2 Å². The molecule has 0 saturated carbocycles. The monoisotopic (exact) mass is 247 g/mol. The highest BCUT2D eigenvalue weighted by Gasteiger charge is 2.05. The SMILES string of the molecule is C=CCC[C@H](N)c1ccc2ccccc2c1.Cl. The predicted molar refractivity (Wildman–Crippen MR) is 77.6 cm³/mol. The normalized spacial score (nSPS) is 11.8. The van der Waals surface area contributed by atoms with E-state index in [0.29, 0.717) is 0 Å². The third-order valence-electron chi connectivity index (χ3n) is 2.88. The minimum Gasteiger partial charge on any atom is -0.324 e. The van der Waals surface area contributed by atoms with Crippen molar-refractivity contribution in [3.8, 4) is 0 Å². The van der Waals surface area contributed by atoms with Crippen molar-refractivity contribution in [1.29, 1.82) is 0 Å². The summed E-state index contributed by atoms with van der Waals surface area (Å²) in [4.78, 5) is 0. The minimum atomic E-state index is 0. The topological polar surface area (TPSA) is 26.0 Å². The lowest BCUT2D eigenvalue weighted by Gasteiger charge is -2.11. The Bertz CT molecular complexity index is 493. The fraction of sp³-hybridized carbons (Fsp3) is 0.200. The summed E-state index contributed by atoms with van der Waals surface area (Å²) in [6.07, 6.45) is 3.84. The van der Waals surface area contributed by atoms with E-state index in [2.05, 4.69) is 49.0 Å². The molecule has 0 aliphatic carbocycles. The van der Waals surface area contributed by atoms with Gasteiger partial charge in [0.25, 0.3) is 0 Å². The summed E-state index contributed by atoms with van der Waals surface area (Å²) in [6, 6.07) is 14.9. The number of benzene rings is 2. The third-order valence-corrected chi connectivity index (χ3v) is 2.88. The van der Waals surface area contributed by atoms with Crippen LogP contribution in [-0.2, 0) is 0 Å². The first kappa shape index (κ1) is 13.8. The van der Waals surface area contributed by atoms with E-state index in [1.54, 1.807) is 0 Å². The zero-order chi connectivity index (χ0) is 11.4. The molecular weight excluding hydrogens is 230 g/mol. The molecular formula is C15H18ClN. The number of halogens is 1. The van der Waals surface area contributed by atoms with Gasteiger partial charge in [0.2, 0.25) is 0 Å². The second-order valence-electron chi connectivity index (χ2n) is 4.08. The van der Waals surface area contributed by atoms with Gasteiger partial charge in [-0.3, -0.25) is 0 Å². The molecule has 2 aromatic rings. The molecule has 0 aliphatic heterocycles. The molecule has 0 saturated heterocycles. The Morgan fingerprint density at radius 1 is 1.12 bits per heavy atom. The molecule has 0 unspecified atom stereocenters. The fourth-order valence-corrected chi connectivity index (χ4v) is 1.90. The van der Waals surface area contributed by atoms with E-state index in [-0.39, 0.29) is 18.4 Å². The second kappa shape index (κ2) is 6.43. The Balaban J connectivity index is 0.00000144. The summed E-state index contributed by atoms with van der Waals surface area (Å²) < 4.78 is 0. The van der Waals surface area contributed by atoms with Gasteiger partial charge in [0, 0.05) is 6.04 Å². The molecule has 1 nitrogen and oxygen atoms in total. The number of hydrogen-bond donors (Lipinski definition) is 1. The Morgan fingerprint density at radius 2 is 1.82 bits per heavy atom. The van der Waals surface area contributed by atoms with E-state index in [1.807, 2.05) is 6.08 Å². The Morgan fingerprint density at radius 3 is 2.53 bits per heavy atom. The maximum atomic E-state index is 6.12. The molecule has 0 fully saturated rings. The summed E-state index contributed by atoms with van der Waals surface area (Å²) in [5.74, 6) is 0. The van der Waals surface area contributed by atoms with Gasteiger partial charge in [0.1, 0.15) is 0 Å². The molecule has 2 rings (SSSR count). The van der Waals surface area contributed by atoms with Crippen molar-refractivity contribution in [3.05, 3.63) is 60.7 Å². The van der Waals surface area contributed by atoms with Crippen LogP contribution < -0.4 is 5.73 Å².